The number of hydrogen-bond donors (Lipinski definition) is 1. The van der Waals surface area contributed by atoms with Crippen LogP contribution in [0.5, 0.6) is 0 Å². The molecule has 3 nitrogen and oxygen atoms in total. The lowest BCUT2D eigenvalue weighted by Gasteiger charge is -2.26. The van der Waals surface area contributed by atoms with Gasteiger partial charge in [0.15, 0.2) is 0 Å². The van der Waals surface area contributed by atoms with E-state index in [1.807, 2.05) is 38.4 Å². The van der Waals surface area contributed by atoms with Gasteiger partial charge in [0, 0.05) is 12.7 Å². The molecular weight excluding hydrogens is 164 g/mol. The van der Waals surface area contributed by atoms with E-state index in [9.17, 15) is 5.11 Å². The molecule has 0 aromatic carbocycles. The van der Waals surface area contributed by atoms with Crippen LogP contribution in [0.1, 0.15) is 39.5 Å². The third-order valence-corrected chi connectivity index (χ3v) is 2.15. The highest BCUT2D eigenvalue weighted by molar-refractivity contribution is 5.07. The Bertz CT molecular complexity index is 273. The zero-order valence-corrected chi connectivity index (χ0v) is 8.78. The van der Waals surface area contributed by atoms with Gasteiger partial charge in [0.25, 0.3) is 0 Å². The van der Waals surface area contributed by atoms with Gasteiger partial charge < -0.3 is 5.11 Å². The molecule has 1 unspecified atom stereocenters. The Morgan fingerprint density at radius 2 is 2.15 bits per heavy atom. The average molecular weight is 182 g/mol. The predicted molar refractivity (Wildman–Crippen MR) is 52.3 cm³/mol. The van der Waals surface area contributed by atoms with Crippen LogP contribution in [0.3, 0.4) is 0 Å². The molecule has 13 heavy (non-hydrogen) atoms. The van der Waals surface area contributed by atoms with Crippen LogP contribution < -0.4 is 0 Å². The summed E-state index contributed by atoms with van der Waals surface area (Å²) in [6, 6.07) is 1.87. The third-order valence-electron chi connectivity index (χ3n) is 2.15. The molecule has 1 heterocycles. The highest BCUT2D eigenvalue weighted by Crippen LogP contribution is 2.31. The second kappa shape index (κ2) is 3.50. The summed E-state index contributed by atoms with van der Waals surface area (Å²) in [5.74, 6) is 0. The summed E-state index contributed by atoms with van der Waals surface area (Å²) in [6.07, 6.45) is 1.28. The monoisotopic (exact) mass is 182 g/mol. The van der Waals surface area contributed by atoms with Crippen LogP contribution in [0.2, 0.25) is 0 Å². The molecule has 0 spiro atoms. The first-order valence-corrected chi connectivity index (χ1v) is 4.66. The number of nitrogens with zero attached hydrogens (tertiary/aromatic N) is 2. The Hall–Kier alpha value is -0.830. The fourth-order valence-electron chi connectivity index (χ4n) is 1.28. The van der Waals surface area contributed by atoms with Crippen LogP contribution in [0.25, 0.3) is 0 Å². The van der Waals surface area contributed by atoms with E-state index in [0.29, 0.717) is 0 Å². The normalized spacial score (nSPS) is 14.5. The van der Waals surface area contributed by atoms with Gasteiger partial charge in [0.2, 0.25) is 0 Å². The van der Waals surface area contributed by atoms with Crippen LogP contribution in [0.15, 0.2) is 12.3 Å². The summed E-state index contributed by atoms with van der Waals surface area (Å²) in [7, 11) is 0. The molecule has 0 fully saturated rings. The van der Waals surface area contributed by atoms with Crippen molar-refractivity contribution in [1.82, 2.24) is 9.78 Å². The van der Waals surface area contributed by atoms with E-state index in [0.717, 1.165) is 12.2 Å². The van der Waals surface area contributed by atoms with E-state index in [1.165, 1.54) is 0 Å². The standard InChI is InChI=1S/C10H18N2O/c1-5-12-8(6-7-11-12)9(13)10(2,3)4/h6-7,9,13H,5H2,1-4H3. The minimum atomic E-state index is -0.449. The number of hydrogen-bond acceptors (Lipinski definition) is 2. The fourth-order valence-corrected chi connectivity index (χ4v) is 1.28. The molecule has 0 aliphatic heterocycles. The molecule has 1 rings (SSSR count). The molecule has 0 amide bonds. The van der Waals surface area contributed by atoms with E-state index in [2.05, 4.69) is 5.10 Å². The maximum absolute atomic E-state index is 10.00. The number of aryl methyl sites for hydroxylation is 1. The molecule has 0 saturated heterocycles. The molecule has 0 radical (unpaired) electrons. The lowest BCUT2D eigenvalue weighted by atomic mass is 9.87. The van der Waals surface area contributed by atoms with E-state index in [-0.39, 0.29) is 5.41 Å². The first kappa shape index (κ1) is 10.3. The van der Waals surface area contributed by atoms with Crippen molar-refractivity contribution in [2.45, 2.75) is 40.3 Å². The fraction of sp³-hybridized carbons (Fsp3) is 0.700. The second-order valence-corrected chi connectivity index (χ2v) is 4.34. The lowest BCUT2D eigenvalue weighted by Crippen LogP contribution is -2.21. The summed E-state index contributed by atoms with van der Waals surface area (Å²) < 4.78 is 1.83. The van der Waals surface area contributed by atoms with Crippen LogP contribution >= 0.6 is 0 Å². The zero-order chi connectivity index (χ0) is 10.1. The molecule has 74 valence electrons. The number of rotatable bonds is 2. The quantitative estimate of drug-likeness (QED) is 0.759. The van der Waals surface area contributed by atoms with Crippen molar-refractivity contribution < 1.29 is 5.11 Å². The van der Waals surface area contributed by atoms with E-state index >= 15 is 0 Å². The Labute approximate surface area is 79.4 Å². The largest absolute Gasteiger partial charge is 0.386 e. The van der Waals surface area contributed by atoms with Crippen LogP contribution in [0, 0.1) is 5.41 Å². The van der Waals surface area contributed by atoms with Gasteiger partial charge in [-0.1, -0.05) is 20.8 Å². The molecule has 1 N–H and O–H groups in total. The molecule has 0 aliphatic carbocycles. The molecular formula is C10H18N2O. The first-order chi connectivity index (χ1) is 5.96. The first-order valence-electron chi connectivity index (χ1n) is 4.66. The van der Waals surface area contributed by atoms with Crippen molar-refractivity contribution >= 4 is 0 Å². The van der Waals surface area contributed by atoms with Crippen LogP contribution in [-0.2, 0) is 6.54 Å². The summed E-state index contributed by atoms with van der Waals surface area (Å²) in [5, 5.41) is 14.1. The van der Waals surface area contributed by atoms with E-state index in [4.69, 9.17) is 0 Å². The van der Waals surface area contributed by atoms with E-state index < -0.39 is 6.10 Å². The van der Waals surface area contributed by atoms with Gasteiger partial charge in [-0.2, -0.15) is 5.10 Å². The molecule has 1 atom stereocenters. The van der Waals surface area contributed by atoms with Gasteiger partial charge in [0.05, 0.1) is 5.69 Å². The molecule has 0 saturated carbocycles. The summed E-state index contributed by atoms with van der Waals surface area (Å²) in [5.41, 5.74) is 0.766. The van der Waals surface area contributed by atoms with Crippen molar-refractivity contribution in [3.63, 3.8) is 0 Å². The molecule has 0 bridgehead atoms. The maximum Gasteiger partial charge on any atom is 0.100 e. The van der Waals surface area contributed by atoms with Crippen molar-refractivity contribution in [3.05, 3.63) is 18.0 Å². The molecule has 0 aliphatic rings. The van der Waals surface area contributed by atoms with Crippen LogP contribution in [-0.4, -0.2) is 14.9 Å². The summed E-state index contributed by atoms with van der Waals surface area (Å²) in [4.78, 5) is 0. The van der Waals surface area contributed by atoms with Crippen molar-refractivity contribution in [3.8, 4) is 0 Å². The zero-order valence-electron chi connectivity index (χ0n) is 8.78. The van der Waals surface area contributed by atoms with Gasteiger partial charge >= 0.3 is 0 Å². The Morgan fingerprint density at radius 3 is 2.62 bits per heavy atom. The summed E-state index contributed by atoms with van der Waals surface area (Å²) in [6.45, 7) is 8.88. The van der Waals surface area contributed by atoms with Crippen LogP contribution in [0.4, 0.5) is 0 Å². The van der Waals surface area contributed by atoms with Crippen molar-refractivity contribution in [2.24, 2.45) is 5.41 Å². The minimum absolute atomic E-state index is 0.132. The highest BCUT2D eigenvalue weighted by atomic mass is 16.3. The van der Waals surface area contributed by atoms with Crippen molar-refractivity contribution in [1.29, 1.82) is 0 Å². The minimum Gasteiger partial charge on any atom is -0.386 e. The second-order valence-electron chi connectivity index (χ2n) is 4.34. The number of aliphatic hydroxyl groups excluding tert-OH is 1. The number of aromatic nitrogens is 2. The summed E-state index contributed by atoms with van der Waals surface area (Å²) >= 11 is 0. The topological polar surface area (TPSA) is 38.0 Å². The van der Waals surface area contributed by atoms with Gasteiger partial charge in [-0.05, 0) is 18.4 Å². The SMILES string of the molecule is CCn1nccc1C(O)C(C)(C)C. The van der Waals surface area contributed by atoms with Gasteiger partial charge in [-0.25, -0.2) is 0 Å². The molecule has 3 heteroatoms. The Morgan fingerprint density at radius 1 is 1.54 bits per heavy atom. The van der Waals surface area contributed by atoms with Gasteiger partial charge in [-0.15, -0.1) is 0 Å². The smallest absolute Gasteiger partial charge is 0.100 e. The number of aliphatic hydroxyl groups is 1. The highest BCUT2D eigenvalue weighted by Gasteiger charge is 2.26. The maximum atomic E-state index is 10.00. The third kappa shape index (κ3) is 2.10. The Balaban J connectivity index is 2.94. The van der Waals surface area contributed by atoms with Gasteiger partial charge in [-0.3, -0.25) is 4.68 Å². The van der Waals surface area contributed by atoms with E-state index in [1.54, 1.807) is 6.20 Å². The molecule has 1 aromatic heterocycles. The van der Waals surface area contributed by atoms with Crippen molar-refractivity contribution in [2.75, 3.05) is 0 Å². The predicted octanol–water partition coefficient (Wildman–Crippen LogP) is 1.98. The Kier molecular flexibility index (Phi) is 2.76. The average Bonchev–Trinajstić information content (AvgIpc) is 2.48. The molecule has 1 aromatic rings. The lowest BCUT2D eigenvalue weighted by molar-refractivity contribution is 0.0547. The van der Waals surface area contributed by atoms with Gasteiger partial charge in [0.1, 0.15) is 6.10 Å².